The van der Waals surface area contributed by atoms with Gasteiger partial charge in [0.15, 0.2) is 5.78 Å². The first-order valence-electron chi connectivity index (χ1n) is 6.67. The number of ether oxygens (including phenoxy) is 1. The van der Waals surface area contributed by atoms with Crippen LogP contribution in [0.15, 0.2) is 24.8 Å². The molecule has 4 nitrogen and oxygen atoms in total. The van der Waals surface area contributed by atoms with Gasteiger partial charge in [-0.05, 0) is 32.6 Å². The molecular weight excluding hydrogens is 244 g/mol. The molecule has 0 spiro atoms. The molecule has 0 unspecified atom stereocenters. The van der Waals surface area contributed by atoms with Gasteiger partial charge in [0.25, 0.3) is 0 Å². The largest absolute Gasteiger partial charge is 0.463 e. The Morgan fingerprint density at radius 3 is 2.89 bits per heavy atom. The lowest BCUT2D eigenvalue weighted by atomic mass is 9.73. The standard InChI is InChI=1S/C15H22O4/c1-4-8-15(18)9-6-7-12(13(15)16)10-11(3)14(17)19-5-2/h4,12,18H,1,3,5-10H2,2H3/t12-,15+/m0/s1. The molecule has 0 amide bonds. The van der Waals surface area contributed by atoms with Gasteiger partial charge in [-0.3, -0.25) is 4.79 Å². The number of hydrogen-bond acceptors (Lipinski definition) is 4. The van der Waals surface area contributed by atoms with Crippen molar-refractivity contribution in [3.05, 3.63) is 24.8 Å². The van der Waals surface area contributed by atoms with Crippen LogP contribution in [0.5, 0.6) is 0 Å². The molecule has 106 valence electrons. The molecule has 0 aromatic rings. The predicted octanol–water partition coefficient (Wildman–Crippen LogP) is 2.17. The maximum Gasteiger partial charge on any atom is 0.333 e. The summed E-state index contributed by atoms with van der Waals surface area (Å²) in [7, 11) is 0. The second-order valence-electron chi connectivity index (χ2n) is 5.01. The van der Waals surface area contributed by atoms with E-state index < -0.39 is 11.6 Å². The van der Waals surface area contributed by atoms with Crippen LogP contribution >= 0.6 is 0 Å². The average molecular weight is 266 g/mol. The van der Waals surface area contributed by atoms with Crippen molar-refractivity contribution in [3.63, 3.8) is 0 Å². The molecule has 19 heavy (non-hydrogen) atoms. The Morgan fingerprint density at radius 1 is 1.63 bits per heavy atom. The van der Waals surface area contributed by atoms with Gasteiger partial charge in [0.1, 0.15) is 5.60 Å². The number of aliphatic hydroxyl groups is 1. The van der Waals surface area contributed by atoms with Crippen molar-refractivity contribution in [2.24, 2.45) is 5.92 Å². The molecular formula is C15H22O4. The number of carbonyl (C=O) groups excluding carboxylic acids is 2. The Balaban J connectivity index is 2.68. The second kappa shape index (κ2) is 6.66. The van der Waals surface area contributed by atoms with Crippen LogP contribution in [0.2, 0.25) is 0 Å². The number of Topliss-reactive ketones (excluding diaryl/α,β-unsaturated/α-hetero) is 1. The van der Waals surface area contributed by atoms with Gasteiger partial charge in [-0.15, -0.1) is 6.58 Å². The van der Waals surface area contributed by atoms with Crippen molar-refractivity contribution in [3.8, 4) is 0 Å². The minimum Gasteiger partial charge on any atom is -0.463 e. The van der Waals surface area contributed by atoms with Gasteiger partial charge in [0.05, 0.1) is 6.61 Å². The fraction of sp³-hybridized carbons (Fsp3) is 0.600. The zero-order chi connectivity index (χ0) is 14.5. The van der Waals surface area contributed by atoms with Crippen molar-refractivity contribution in [2.75, 3.05) is 6.61 Å². The molecule has 0 radical (unpaired) electrons. The summed E-state index contributed by atoms with van der Waals surface area (Å²) in [6.45, 7) is 9.25. The van der Waals surface area contributed by atoms with Crippen LogP contribution in [-0.2, 0) is 14.3 Å². The lowest BCUT2D eigenvalue weighted by Gasteiger charge is -2.34. The Kier molecular flexibility index (Phi) is 5.48. The van der Waals surface area contributed by atoms with Gasteiger partial charge < -0.3 is 9.84 Å². The van der Waals surface area contributed by atoms with Crippen LogP contribution in [0, 0.1) is 5.92 Å². The third-order valence-corrected chi connectivity index (χ3v) is 3.51. The Morgan fingerprint density at radius 2 is 2.32 bits per heavy atom. The van der Waals surface area contributed by atoms with E-state index in [4.69, 9.17) is 4.74 Å². The van der Waals surface area contributed by atoms with Gasteiger partial charge in [0, 0.05) is 17.9 Å². The Hall–Kier alpha value is -1.42. The van der Waals surface area contributed by atoms with E-state index >= 15 is 0 Å². The van der Waals surface area contributed by atoms with Crippen molar-refractivity contribution < 1.29 is 19.4 Å². The van der Waals surface area contributed by atoms with Crippen molar-refractivity contribution in [1.82, 2.24) is 0 Å². The number of ketones is 1. The lowest BCUT2D eigenvalue weighted by molar-refractivity contribution is -0.146. The number of hydrogen-bond donors (Lipinski definition) is 1. The summed E-state index contributed by atoms with van der Waals surface area (Å²) in [6, 6.07) is 0. The maximum atomic E-state index is 12.3. The van der Waals surface area contributed by atoms with Gasteiger partial charge in [-0.25, -0.2) is 4.79 Å². The highest BCUT2D eigenvalue weighted by Gasteiger charge is 2.42. The van der Waals surface area contributed by atoms with Crippen LogP contribution in [-0.4, -0.2) is 29.1 Å². The molecule has 1 rings (SSSR count). The fourth-order valence-electron chi connectivity index (χ4n) is 2.53. The smallest absolute Gasteiger partial charge is 0.333 e. The van der Waals surface area contributed by atoms with Crippen LogP contribution in [0.4, 0.5) is 0 Å². The first-order chi connectivity index (χ1) is 8.94. The van der Waals surface area contributed by atoms with Gasteiger partial charge >= 0.3 is 5.97 Å². The lowest BCUT2D eigenvalue weighted by Crippen LogP contribution is -2.45. The van der Waals surface area contributed by atoms with E-state index in [0.717, 1.165) is 6.42 Å². The zero-order valence-electron chi connectivity index (χ0n) is 11.5. The van der Waals surface area contributed by atoms with E-state index in [1.807, 2.05) is 0 Å². The first kappa shape index (κ1) is 15.6. The summed E-state index contributed by atoms with van der Waals surface area (Å²) in [5.74, 6) is -1.02. The number of esters is 1. The highest BCUT2D eigenvalue weighted by Crippen LogP contribution is 2.34. The molecule has 0 heterocycles. The topological polar surface area (TPSA) is 63.6 Å². The normalized spacial score (nSPS) is 26.8. The monoisotopic (exact) mass is 266 g/mol. The van der Waals surface area contributed by atoms with E-state index in [1.54, 1.807) is 13.0 Å². The SMILES string of the molecule is C=CC[C@@]1(O)CCC[C@@H](CC(=C)C(=O)OCC)C1=O. The molecule has 0 saturated heterocycles. The molecule has 1 saturated carbocycles. The summed E-state index contributed by atoms with van der Waals surface area (Å²) >= 11 is 0. The van der Waals surface area contributed by atoms with Crippen LogP contribution in [0.25, 0.3) is 0 Å². The summed E-state index contributed by atoms with van der Waals surface area (Å²) in [4.78, 5) is 23.8. The molecule has 0 bridgehead atoms. The summed E-state index contributed by atoms with van der Waals surface area (Å²) < 4.78 is 4.85. The predicted molar refractivity (Wildman–Crippen MR) is 72.5 cm³/mol. The van der Waals surface area contributed by atoms with E-state index in [-0.39, 0.29) is 31.1 Å². The van der Waals surface area contributed by atoms with Gasteiger partial charge in [0.2, 0.25) is 0 Å². The summed E-state index contributed by atoms with van der Waals surface area (Å²) in [6.07, 6.45) is 3.97. The molecule has 0 aromatic heterocycles. The first-order valence-corrected chi connectivity index (χ1v) is 6.67. The van der Waals surface area contributed by atoms with E-state index in [0.29, 0.717) is 18.4 Å². The number of carbonyl (C=O) groups is 2. The van der Waals surface area contributed by atoms with E-state index in [1.165, 1.54) is 0 Å². The third kappa shape index (κ3) is 3.77. The van der Waals surface area contributed by atoms with Crippen LogP contribution in [0.1, 0.15) is 39.0 Å². The highest BCUT2D eigenvalue weighted by atomic mass is 16.5. The van der Waals surface area contributed by atoms with Gasteiger partial charge in [-0.1, -0.05) is 12.7 Å². The molecule has 1 aliphatic rings. The van der Waals surface area contributed by atoms with Crippen LogP contribution < -0.4 is 0 Å². The number of rotatable bonds is 6. The highest BCUT2D eigenvalue weighted by molar-refractivity contribution is 5.93. The molecule has 4 heteroatoms. The molecule has 2 atom stereocenters. The van der Waals surface area contributed by atoms with E-state index in [2.05, 4.69) is 13.2 Å². The third-order valence-electron chi connectivity index (χ3n) is 3.51. The zero-order valence-corrected chi connectivity index (χ0v) is 11.5. The maximum absolute atomic E-state index is 12.3. The van der Waals surface area contributed by atoms with Crippen molar-refractivity contribution >= 4 is 11.8 Å². The molecule has 0 aromatic carbocycles. The van der Waals surface area contributed by atoms with E-state index in [9.17, 15) is 14.7 Å². The van der Waals surface area contributed by atoms with Crippen LogP contribution in [0.3, 0.4) is 0 Å². The molecule has 1 N–H and O–H groups in total. The minimum atomic E-state index is -1.32. The Labute approximate surface area is 114 Å². The molecule has 0 aliphatic heterocycles. The second-order valence-corrected chi connectivity index (χ2v) is 5.01. The molecule has 1 aliphatic carbocycles. The summed E-state index contributed by atoms with van der Waals surface area (Å²) in [5.41, 5.74) is -1.03. The van der Waals surface area contributed by atoms with Crippen molar-refractivity contribution in [2.45, 2.75) is 44.6 Å². The van der Waals surface area contributed by atoms with Gasteiger partial charge in [-0.2, -0.15) is 0 Å². The average Bonchev–Trinajstić information content (AvgIpc) is 2.35. The Bertz CT molecular complexity index is 386. The summed E-state index contributed by atoms with van der Waals surface area (Å²) in [5, 5.41) is 10.3. The quantitative estimate of drug-likeness (QED) is 0.454. The fourth-order valence-corrected chi connectivity index (χ4v) is 2.53. The van der Waals surface area contributed by atoms with Crippen molar-refractivity contribution in [1.29, 1.82) is 0 Å². The minimum absolute atomic E-state index is 0.205. The molecule has 1 fully saturated rings.